The number of hydroxylamine groups is 2. The lowest BCUT2D eigenvalue weighted by atomic mass is 9.95. The Balaban J connectivity index is 2.01. The number of nitrogens with zero attached hydrogens (tertiary/aromatic N) is 2. The summed E-state index contributed by atoms with van der Waals surface area (Å²) in [5.41, 5.74) is -0.181. The van der Waals surface area contributed by atoms with E-state index in [0.29, 0.717) is 6.42 Å². The van der Waals surface area contributed by atoms with E-state index in [1.165, 1.54) is 26.3 Å². The van der Waals surface area contributed by atoms with Crippen molar-refractivity contribution in [3.63, 3.8) is 0 Å². The van der Waals surface area contributed by atoms with E-state index in [1.807, 2.05) is 12.2 Å². The van der Waals surface area contributed by atoms with E-state index in [-0.39, 0.29) is 40.6 Å². The van der Waals surface area contributed by atoms with Crippen LogP contribution in [0, 0.1) is 22.0 Å². The number of non-ortho nitro benzene ring substituents is 1. The fourth-order valence-corrected chi connectivity index (χ4v) is 2.77. The maximum atomic E-state index is 12.2. The van der Waals surface area contributed by atoms with Crippen molar-refractivity contribution in [2.75, 3.05) is 20.8 Å². The molecule has 0 spiro atoms. The normalized spacial score (nSPS) is 18.8. The highest BCUT2D eigenvalue weighted by Gasteiger charge is 2.32. The van der Waals surface area contributed by atoms with Gasteiger partial charge in [-0.25, -0.2) is 9.86 Å². The number of allylic oxidation sites excluding steroid dienone is 1. The van der Waals surface area contributed by atoms with Crippen molar-refractivity contribution in [3.8, 4) is 0 Å². The maximum Gasteiger partial charge on any atom is 0.339 e. The van der Waals surface area contributed by atoms with Gasteiger partial charge < -0.3 is 4.74 Å². The topological polar surface area (TPSA) is 99.0 Å². The summed E-state index contributed by atoms with van der Waals surface area (Å²) in [7, 11) is 2.91. The van der Waals surface area contributed by atoms with Gasteiger partial charge in [-0.15, -0.1) is 0 Å². The second-order valence-electron chi connectivity index (χ2n) is 5.47. The second kappa shape index (κ2) is 8.09. The van der Waals surface area contributed by atoms with Gasteiger partial charge in [0.2, 0.25) is 5.91 Å². The van der Waals surface area contributed by atoms with Crippen LogP contribution in [-0.4, -0.2) is 42.6 Å². The number of ether oxygens (including phenoxy) is 1. The van der Waals surface area contributed by atoms with Crippen LogP contribution in [-0.2, 0) is 14.4 Å². The van der Waals surface area contributed by atoms with Gasteiger partial charge in [0.25, 0.3) is 5.69 Å². The fourth-order valence-electron chi connectivity index (χ4n) is 2.52. The van der Waals surface area contributed by atoms with Crippen molar-refractivity contribution in [2.45, 2.75) is 6.42 Å². The van der Waals surface area contributed by atoms with Crippen LogP contribution in [0.4, 0.5) is 5.69 Å². The lowest BCUT2D eigenvalue weighted by Crippen LogP contribution is -2.35. The van der Waals surface area contributed by atoms with Crippen molar-refractivity contribution < 1.29 is 24.1 Å². The Hall–Kier alpha value is -2.45. The summed E-state index contributed by atoms with van der Waals surface area (Å²) >= 11 is 5.91. The first-order valence-corrected chi connectivity index (χ1v) is 7.82. The molecule has 0 N–H and O–H groups in total. The molecule has 0 unspecified atom stereocenters. The molecule has 1 aromatic rings. The van der Waals surface area contributed by atoms with Crippen molar-refractivity contribution in [1.82, 2.24) is 5.06 Å². The summed E-state index contributed by atoms with van der Waals surface area (Å²) in [4.78, 5) is 39.3. The molecular formula is C16H17ClN2O6. The molecule has 0 radical (unpaired) electrons. The number of hydrogen-bond acceptors (Lipinski definition) is 6. The third-order valence-electron chi connectivity index (χ3n) is 3.98. The SMILES string of the molecule is CON(C)C(=O)[C@@H]1CC=C[C@H]1COC(=O)c1ccc([N+](=O)[O-])cc1Cl. The van der Waals surface area contributed by atoms with Crippen LogP contribution < -0.4 is 0 Å². The average molecular weight is 369 g/mol. The first kappa shape index (κ1) is 18.9. The molecule has 0 aliphatic heterocycles. The summed E-state index contributed by atoms with van der Waals surface area (Å²) in [5, 5.41) is 11.8. The van der Waals surface area contributed by atoms with Gasteiger partial charge >= 0.3 is 5.97 Å². The molecule has 1 aliphatic carbocycles. The lowest BCUT2D eigenvalue weighted by Gasteiger charge is -2.23. The number of benzene rings is 1. The predicted octanol–water partition coefficient (Wildman–Crippen LogP) is 2.62. The monoisotopic (exact) mass is 368 g/mol. The number of amides is 1. The van der Waals surface area contributed by atoms with Crippen molar-refractivity contribution in [3.05, 3.63) is 51.1 Å². The van der Waals surface area contributed by atoms with Crippen LogP contribution in [0.15, 0.2) is 30.4 Å². The zero-order valence-corrected chi connectivity index (χ0v) is 14.4. The number of hydrogen-bond donors (Lipinski definition) is 0. The highest BCUT2D eigenvalue weighted by molar-refractivity contribution is 6.33. The van der Waals surface area contributed by atoms with E-state index < -0.39 is 10.9 Å². The number of carbonyl (C=O) groups is 2. The number of esters is 1. The van der Waals surface area contributed by atoms with Crippen LogP contribution in [0.2, 0.25) is 5.02 Å². The molecule has 1 amide bonds. The Morgan fingerprint density at radius 1 is 1.44 bits per heavy atom. The standard InChI is InChI=1S/C16H17ClN2O6/c1-18(24-2)15(20)12-5-3-4-10(12)9-25-16(21)13-7-6-11(19(22)23)8-14(13)17/h3-4,6-8,10,12H,5,9H2,1-2H3/t10-,12+/m0/s1. The maximum absolute atomic E-state index is 12.2. The van der Waals surface area contributed by atoms with Crippen molar-refractivity contribution in [1.29, 1.82) is 0 Å². The molecule has 0 fully saturated rings. The van der Waals surface area contributed by atoms with Gasteiger partial charge in [0.15, 0.2) is 0 Å². The molecule has 2 atom stereocenters. The first-order chi connectivity index (χ1) is 11.8. The molecule has 0 saturated heterocycles. The number of carbonyl (C=O) groups excluding carboxylic acids is 2. The van der Waals surface area contributed by atoms with Gasteiger partial charge in [0, 0.05) is 25.1 Å². The van der Waals surface area contributed by atoms with Crippen LogP contribution in [0.3, 0.4) is 0 Å². The Morgan fingerprint density at radius 3 is 2.76 bits per heavy atom. The van der Waals surface area contributed by atoms with Crippen molar-refractivity contribution >= 4 is 29.2 Å². The molecule has 1 aliphatic rings. The largest absolute Gasteiger partial charge is 0.461 e. The van der Waals surface area contributed by atoms with Crippen LogP contribution in [0.1, 0.15) is 16.8 Å². The van der Waals surface area contributed by atoms with Crippen LogP contribution in [0.5, 0.6) is 0 Å². The number of rotatable bonds is 6. The van der Waals surface area contributed by atoms with Gasteiger partial charge in [-0.1, -0.05) is 23.8 Å². The highest BCUT2D eigenvalue weighted by Crippen LogP contribution is 2.28. The highest BCUT2D eigenvalue weighted by atomic mass is 35.5. The van der Waals surface area contributed by atoms with Crippen LogP contribution >= 0.6 is 11.6 Å². The van der Waals surface area contributed by atoms with E-state index in [9.17, 15) is 19.7 Å². The zero-order valence-electron chi connectivity index (χ0n) is 13.7. The van der Waals surface area contributed by atoms with Gasteiger partial charge in [0.05, 0.1) is 35.1 Å². The Morgan fingerprint density at radius 2 is 2.16 bits per heavy atom. The molecule has 0 saturated carbocycles. The minimum Gasteiger partial charge on any atom is -0.461 e. The zero-order chi connectivity index (χ0) is 18.6. The second-order valence-corrected chi connectivity index (χ2v) is 5.88. The van der Waals surface area contributed by atoms with E-state index in [0.717, 1.165) is 11.1 Å². The minimum atomic E-state index is -0.702. The molecule has 25 heavy (non-hydrogen) atoms. The van der Waals surface area contributed by atoms with E-state index in [2.05, 4.69) is 0 Å². The number of nitro groups is 1. The smallest absolute Gasteiger partial charge is 0.339 e. The van der Waals surface area contributed by atoms with E-state index >= 15 is 0 Å². The molecule has 9 heteroatoms. The predicted molar refractivity (Wildman–Crippen MR) is 88.9 cm³/mol. The van der Waals surface area contributed by atoms with Gasteiger partial charge in [0.1, 0.15) is 0 Å². The Kier molecular flexibility index (Phi) is 6.11. The van der Waals surface area contributed by atoms with Gasteiger partial charge in [-0.2, -0.15) is 0 Å². The van der Waals surface area contributed by atoms with Crippen molar-refractivity contribution in [2.24, 2.45) is 11.8 Å². The summed E-state index contributed by atoms with van der Waals surface area (Å²) in [5.74, 6) is -1.55. The summed E-state index contributed by atoms with van der Waals surface area (Å²) in [6, 6.07) is 3.51. The first-order valence-electron chi connectivity index (χ1n) is 7.44. The molecule has 8 nitrogen and oxygen atoms in total. The lowest BCUT2D eigenvalue weighted by molar-refractivity contribution is -0.384. The van der Waals surface area contributed by atoms with E-state index in [4.69, 9.17) is 21.2 Å². The Labute approximate surface area is 149 Å². The molecule has 0 aromatic heterocycles. The molecule has 134 valence electrons. The molecule has 2 rings (SSSR count). The van der Waals surface area contributed by atoms with E-state index in [1.54, 1.807) is 0 Å². The third-order valence-corrected chi connectivity index (χ3v) is 4.29. The summed E-state index contributed by atoms with van der Waals surface area (Å²) in [6.07, 6.45) is 4.20. The number of halogens is 1. The third kappa shape index (κ3) is 4.34. The summed E-state index contributed by atoms with van der Waals surface area (Å²) < 4.78 is 5.23. The summed E-state index contributed by atoms with van der Waals surface area (Å²) in [6.45, 7) is -0.00336. The van der Waals surface area contributed by atoms with Gasteiger partial charge in [-0.05, 0) is 12.5 Å². The molecule has 0 bridgehead atoms. The van der Waals surface area contributed by atoms with Gasteiger partial charge in [-0.3, -0.25) is 19.7 Å². The quantitative estimate of drug-likeness (QED) is 0.331. The number of nitro benzene ring substituents is 1. The molecule has 0 heterocycles. The average Bonchev–Trinajstić information content (AvgIpc) is 3.06. The fraction of sp³-hybridized carbons (Fsp3) is 0.375. The minimum absolute atomic E-state index is 0.00336. The van der Waals surface area contributed by atoms with Crippen LogP contribution in [0.25, 0.3) is 0 Å². The molecular weight excluding hydrogens is 352 g/mol. The Bertz CT molecular complexity index is 721. The molecule has 1 aromatic carbocycles.